The smallest absolute Gasteiger partial charge is 0.325 e. The van der Waals surface area contributed by atoms with Crippen LogP contribution in [0.2, 0.25) is 0 Å². The van der Waals surface area contributed by atoms with Gasteiger partial charge in [-0.05, 0) is 41.1 Å². The standard InChI is InChI=1S/C15H14BrN3O3/c1-2-22-13(20)7-17-15-14(10-5-6-21-9-10)18-12-4-3-11(16)8-19(12)15/h3-6,8-9,17H,2,7H2,1H3. The number of rotatable bonds is 5. The van der Waals surface area contributed by atoms with Crippen LogP contribution in [0.1, 0.15) is 6.92 Å². The van der Waals surface area contributed by atoms with Gasteiger partial charge in [0.1, 0.15) is 23.7 Å². The Morgan fingerprint density at radius 1 is 1.45 bits per heavy atom. The quantitative estimate of drug-likeness (QED) is 0.704. The monoisotopic (exact) mass is 363 g/mol. The summed E-state index contributed by atoms with van der Waals surface area (Å²) >= 11 is 3.44. The molecule has 0 fully saturated rings. The van der Waals surface area contributed by atoms with Crippen molar-refractivity contribution in [3.63, 3.8) is 0 Å². The summed E-state index contributed by atoms with van der Waals surface area (Å²) < 4.78 is 12.9. The van der Waals surface area contributed by atoms with Crippen LogP contribution >= 0.6 is 15.9 Å². The molecule has 0 aromatic carbocycles. The Hall–Kier alpha value is -2.28. The summed E-state index contributed by atoms with van der Waals surface area (Å²) in [7, 11) is 0. The molecule has 3 aromatic rings. The van der Waals surface area contributed by atoms with Gasteiger partial charge in [-0.15, -0.1) is 0 Å². The molecule has 0 saturated heterocycles. The Labute approximate surface area is 135 Å². The van der Waals surface area contributed by atoms with Crippen molar-refractivity contribution in [2.45, 2.75) is 6.92 Å². The average Bonchev–Trinajstić information content (AvgIpc) is 3.12. The molecule has 1 N–H and O–H groups in total. The van der Waals surface area contributed by atoms with E-state index < -0.39 is 0 Å². The van der Waals surface area contributed by atoms with E-state index in [2.05, 4.69) is 26.2 Å². The average molecular weight is 364 g/mol. The molecule has 0 bridgehead atoms. The number of aromatic nitrogens is 2. The maximum absolute atomic E-state index is 11.6. The Balaban J connectivity index is 2.02. The summed E-state index contributed by atoms with van der Waals surface area (Å²) in [6.07, 6.45) is 5.09. The Morgan fingerprint density at radius 3 is 3.05 bits per heavy atom. The maximum Gasteiger partial charge on any atom is 0.325 e. The molecule has 0 atom stereocenters. The van der Waals surface area contributed by atoms with Crippen molar-refractivity contribution in [3.05, 3.63) is 41.4 Å². The minimum atomic E-state index is -0.314. The largest absolute Gasteiger partial charge is 0.472 e. The molecular weight excluding hydrogens is 350 g/mol. The minimum Gasteiger partial charge on any atom is -0.472 e. The van der Waals surface area contributed by atoms with Gasteiger partial charge >= 0.3 is 5.97 Å². The normalized spacial score (nSPS) is 10.8. The minimum absolute atomic E-state index is 0.0685. The van der Waals surface area contributed by atoms with Gasteiger partial charge in [-0.3, -0.25) is 9.20 Å². The third-order valence-electron chi connectivity index (χ3n) is 3.08. The number of imidazole rings is 1. The van der Waals surface area contributed by atoms with Gasteiger partial charge in [0, 0.05) is 16.2 Å². The third-order valence-corrected chi connectivity index (χ3v) is 3.55. The summed E-state index contributed by atoms with van der Waals surface area (Å²) in [5.41, 5.74) is 2.33. The zero-order valence-electron chi connectivity index (χ0n) is 11.9. The lowest BCUT2D eigenvalue weighted by Gasteiger charge is -2.08. The molecule has 3 rings (SSSR count). The number of carbonyl (C=O) groups excluding carboxylic acids is 1. The first-order valence-electron chi connectivity index (χ1n) is 6.78. The van der Waals surface area contributed by atoms with Crippen molar-refractivity contribution in [3.8, 4) is 11.3 Å². The molecule has 0 aliphatic rings. The molecule has 0 spiro atoms. The summed E-state index contributed by atoms with van der Waals surface area (Å²) in [6.45, 7) is 2.20. The van der Waals surface area contributed by atoms with Crippen LogP contribution in [0.15, 0.2) is 45.8 Å². The van der Waals surface area contributed by atoms with Crippen LogP contribution in [0.5, 0.6) is 0 Å². The number of fused-ring (bicyclic) bond motifs is 1. The second-order valence-electron chi connectivity index (χ2n) is 4.56. The van der Waals surface area contributed by atoms with Crippen LogP contribution in [0.25, 0.3) is 16.9 Å². The molecule has 6 nitrogen and oxygen atoms in total. The van der Waals surface area contributed by atoms with Gasteiger partial charge in [-0.25, -0.2) is 4.98 Å². The number of hydrogen-bond acceptors (Lipinski definition) is 5. The van der Waals surface area contributed by atoms with Crippen LogP contribution in [0, 0.1) is 0 Å². The van der Waals surface area contributed by atoms with Crippen LogP contribution in [-0.2, 0) is 9.53 Å². The molecule has 0 amide bonds. The van der Waals surface area contributed by atoms with Gasteiger partial charge in [0.05, 0.1) is 19.1 Å². The second-order valence-corrected chi connectivity index (χ2v) is 5.47. The van der Waals surface area contributed by atoms with E-state index in [0.717, 1.165) is 21.4 Å². The number of furan rings is 1. The number of anilines is 1. The van der Waals surface area contributed by atoms with E-state index in [4.69, 9.17) is 9.15 Å². The van der Waals surface area contributed by atoms with Crippen LogP contribution < -0.4 is 5.32 Å². The number of esters is 1. The topological polar surface area (TPSA) is 68.8 Å². The van der Waals surface area contributed by atoms with Gasteiger partial charge in [0.25, 0.3) is 0 Å². The fraction of sp³-hybridized carbons (Fsp3) is 0.200. The summed E-state index contributed by atoms with van der Waals surface area (Å²) in [5.74, 6) is 0.399. The van der Waals surface area contributed by atoms with E-state index in [1.54, 1.807) is 19.5 Å². The number of nitrogens with one attached hydrogen (secondary N) is 1. The number of nitrogens with zero attached hydrogens (tertiary/aromatic N) is 2. The number of hydrogen-bond donors (Lipinski definition) is 1. The molecule has 0 aliphatic heterocycles. The fourth-order valence-electron chi connectivity index (χ4n) is 2.16. The molecular formula is C15H14BrN3O3. The van der Waals surface area contributed by atoms with Crippen molar-refractivity contribution in [2.24, 2.45) is 0 Å². The third kappa shape index (κ3) is 2.85. The first-order valence-corrected chi connectivity index (χ1v) is 7.58. The van der Waals surface area contributed by atoms with Crippen molar-refractivity contribution in [2.75, 3.05) is 18.5 Å². The first kappa shape index (κ1) is 14.6. The van der Waals surface area contributed by atoms with Crippen molar-refractivity contribution in [1.29, 1.82) is 0 Å². The maximum atomic E-state index is 11.6. The molecule has 0 saturated carbocycles. The van der Waals surface area contributed by atoms with Gasteiger partial charge in [-0.2, -0.15) is 0 Å². The van der Waals surface area contributed by atoms with Gasteiger partial charge in [0.2, 0.25) is 0 Å². The second kappa shape index (κ2) is 6.23. The van der Waals surface area contributed by atoms with Crippen molar-refractivity contribution in [1.82, 2.24) is 9.38 Å². The van der Waals surface area contributed by atoms with E-state index in [0.29, 0.717) is 12.4 Å². The summed E-state index contributed by atoms with van der Waals surface area (Å²) in [6, 6.07) is 5.63. The lowest BCUT2D eigenvalue weighted by molar-refractivity contribution is -0.140. The number of ether oxygens (including phenoxy) is 1. The molecule has 3 aromatic heterocycles. The summed E-state index contributed by atoms with van der Waals surface area (Å²) in [5, 5.41) is 3.10. The van der Waals surface area contributed by atoms with Gasteiger partial charge in [-0.1, -0.05) is 0 Å². The van der Waals surface area contributed by atoms with Gasteiger partial charge in [0.15, 0.2) is 0 Å². The van der Waals surface area contributed by atoms with E-state index in [9.17, 15) is 4.79 Å². The molecule has 114 valence electrons. The van der Waals surface area contributed by atoms with E-state index in [-0.39, 0.29) is 12.5 Å². The highest BCUT2D eigenvalue weighted by atomic mass is 79.9. The van der Waals surface area contributed by atoms with Crippen molar-refractivity contribution >= 4 is 33.4 Å². The van der Waals surface area contributed by atoms with Crippen LogP contribution in [0.4, 0.5) is 5.82 Å². The lowest BCUT2D eigenvalue weighted by atomic mass is 10.2. The highest BCUT2D eigenvalue weighted by Crippen LogP contribution is 2.30. The van der Waals surface area contributed by atoms with E-state index >= 15 is 0 Å². The van der Waals surface area contributed by atoms with Crippen molar-refractivity contribution < 1.29 is 13.9 Å². The zero-order chi connectivity index (χ0) is 15.5. The molecule has 3 heterocycles. The number of pyridine rings is 1. The molecule has 22 heavy (non-hydrogen) atoms. The Morgan fingerprint density at radius 2 is 2.32 bits per heavy atom. The molecule has 0 unspecified atom stereocenters. The van der Waals surface area contributed by atoms with E-state index in [1.807, 2.05) is 28.8 Å². The molecule has 0 radical (unpaired) electrons. The highest BCUT2D eigenvalue weighted by Gasteiger charge is 2.16. The number of halogens is 1. The summed E-state index contributed by atoms with van der Waals surface area (Å²) in [4.78, 5) is 16.2. The fourth-order valence-corrected chi connectivity index (χ4v) is 2.49. The molecule has 0 aliphatic carbocycles. The zero-order valence-corrected chi connectivity index (χ0v) is 13.5. The molecule has 7 heteroatoms. The Kier molecular flexibility index (Phi) is 4.15. The lowest BCUT2D eigenvalue weighted by Crippen LogP contribution is -2.17. The predicted octanol–water partition coefficient (Wildman–Crippen LogP) is 3.33. The van der Waals surface area contributed by atoms with E-state index in [1.165, 1.54) is 0 Å². The van der Waals surface area contributed by atoms with Crippen LogP contribution in [-0.4, -0.2) is 28.5 Å². The van der Waals surface area contributed by atoms with Gasteiger partial charge < -0.3 is 14.5 Å². The first-order chi connectivity index (χ1) is 10.7. The SMILES string of the molecule is CCOC(=O)CNc1c(-c2ccoc2)nc2ccc(Br)cn12. The number of carbonyl (C=O) groups is 1. The Bertz CT molecular complexity index is 796. The highest BCUT2D eigenvalue weighted by molar-refractivity contribution is 9.10. The predicted molar refractivity (Wildman–Crippen MR) is 85.7 cm³/mol. The van der Waals surface area contributed by atoms with Crippen LogP contribution in [0.3, 0.4) is 0 Å².